The van der Waals surface area contributed by atoms with Gasteiger partial charge in [0.15, 0.2) is 0 Å². The van der Waals surface area contributed by atoms with Crippen LogP contribution >= 0.6 is 28.1 Å². The molecule has 0 saturated carbocycles. The first kappa shape index (κ1) is 10.1. The lowest BCUT2D eigenvalue weighted by atomic mass is 10.2. The average Bonchev–Trinajstić information content (AvgIpc) is 2.08. The van der Waals surface area contributed by atoms with Crippen LogP contribution in [0.1, 0.15) is 5.56 Å². The van der Waals surface area contributed by atoms with E-state index in [1.54, 1.807) is 18.2 Å². The fourth-order valence-electron chi connectivity index (χ4n) is 0.849. The Balaban J connectivity index is 3.04. The molecule has 5 heteroatoms. The van der Waals surface area contributed by atoms with E-state index in [1.807, 2.05) is 0 Å². The summed E-state index contributed by atoms with van der Waals surface area (Å²) >= 11 is 8.08. The zero-order valence-electron chi connectivity index (χ0n) is 6.58. The van der Waals surface area contributed by atoms with Crippen LogP contribution in [0.2, 0.25) is 0 Å². The number of benzene rings is 1. The summed E-state index contributed by atoms with van der Waals surface area (Å²) in [5, 5.41) is 2.53. The Bertz CT molecular complexity index is 354. The number of anilines is 1. The van der Waals surface area contributed by atoms with Crippen LogP contribution in [0.4, 0.5) is 5.69 Å². The van der Waals surface area contributed by atoms with E-state index in [4.69, 9.17) is 18.0 Å². The number of nitrogens with two attached hydrogens (primary N) is 1. The first-order valence-electron chi connectivity index (χ1n) is 3.44. The molecular formula is C8H7BrN2OS. The molecule has 13 heavy (non-hydrogen) atoms. The highest BCUT2D eigenvalue weighted by molar-refractivity contribution is 9.10. The molecule has 0 aliphatic heterocycles. The van der Waals surface area contributed by atoms with E-state index in [0.717, 1.165) is 10.0 Å². The third-order valence-corrected chi connectivity index (χ3v) is 2.36. The Hall–Kier alpha value is -0.940. The Morgan fingerprint density at radius 1 is 1.62 bits per heavy atom. The lowest BCUT2D eigenvalue weighted by Gasteiger charge is -2.04. The number of hydrogen-bond acceptors (Lipinski definition) is 2. The predicted octanol–water partition coefficient (Wildman–Crippen LogP) is 1.65. The van der Waals surface area contributed by atoms with Gasteiger partial charge in [0.05, 0.1) is 5.69 Å². The van der Waals surface area contributed by atoms with Gasteiger partial charge in [-0.15, -0.1) is 0 Å². The molecule has 68 valence electrons. The van der Waals surface area contributed by atoms with Crippen molar-refractivity contribution in [1.82, 2.24) is 0 Å². The van der Waals surface area contributed by atoms with Gasteiger partial charge in [-0.25, -0.2) is 0 Å². The molecule has 1 aromatic rings. The summed E-state index contributed by atoms with van der Waals surface area (Å²) in [5.74, 6) is 0. The molecule has 0 atom stereocenters. The summed E-state index contributed by atoms with van der Waals surface area (Å²) in [6, 6.07) is 5.24. The summed E-state index contributed by atoms with van der Waals surface area (Å²) in [4.78, 5) is 10.5. The molecular weight excluding hydrogens is 252 g/mol. The van der Waals surface area contributed by atoms with Crippen molar-refractivity contribution < 1.29 is 4.79 Å². The molecule has 0 aliphatic rings. The zero-order valence-corrected chi connectivity index (χ0v) is 8.98. The molecule has 0 bridgehead atoms. The molecule has 0 radical (unpaired) electrons. The number of rotatable bonds is 3. The molecule has 1 aromatic carbocycles. The van der Waals surface area contributed by atoms with E-state index < -0.39 is 0 Å². The van der Waals surface area contributed by atoms with Gasteiger partial charge in [0.25, 0.3) is 0 Å². The fourth-order valence-corrected chi connectivity index (χ4v) is 1.47. The SMILES string of the molecule is NC(=S)c1ccc(NC=O)c(Br)c1. The smallest absolute Gasteiger partial charge is 0.211 e. The maximum atomic E-state index is 10.2. The van der Waals surface area contributed by atoms with E-state index in [1.165, 1.54) is 0 Å². The third kappa shape index (κ3) is 2.50. The number of carbonyl (C=O) groups excluding carboxylic acids is 1. The van der Waals surface area contributed by atoms with Gasteiger partial charge >= 0.3 is 0 Å². The van der Waals surface area contributed by atoms with E-state index >= 15 is 0 Å². The van der Waals surface area contributed by atoms with Gasteiger partial charge in [-0.05, 0) is 34.1 Å². The van der Waals surface area contributed by atoms with Gasteiger partial charge < -0.3 is 11.1 Å². The highest BCUT2D eigenvalue weighted by Crippen LogP contribution is 2.22. The number of hydrogen-bond donors (Lipinski definition) is 2. The van der Waals surface area contributed by atoms with Gasteiger partial charge in [0, 0.05) is 10.0 Å². The van der Waals surface area contributed by atoms with Gasteiger partial charge in [0.2, 0.25) is 6.41 Å². The van der Waals surface area contributed by atoms with Crippen LogP contribution in [-0.2, 0) is 4.79 Å². The van der Waals surface area contributed by atoms with E-state index in [9.17, 15) is 4.79 Å². The minimum Gasteiger partial charge on any atom is -0.389 e. The molecule has 3 nitrogen and oxygen atoms in total. The molecule has 1 rings (SSSR count). The number of thiocarbonyl (C=S) groups is 1. The van der Waals surface area contributed by atoms with Crippen LogP contribution in [-0.4, -0.2) is 11.4 Å². The minimum absolute atomic E-state index is 0.332. The molecule has 0 unspecified atom stereocenters. The topological polar surface area (TPSA) is 55.1 Å². The zero-order chi connectivity index (χ0) is 9.84. The van der Waals surface area contributed by atoms with Crippen molar-refractivity contribution in [1.29, 1.82) is 0 Å². The second-order valence-corrected chi connectivity index (χ2v) is 3.62. The molecule has 1 amide bonds. The average molecular weight is 259 g/mol. The molecule has 0 aromatic heterocycles. The van der Waals surface area contributed by atoms with Crippen LogP contribution in [0.5, 0.6) is 0 Å². The number of nitrogens with one attached hydrogen (secondary N) is 1. The minimum atomic E-state index is 0.332. The van der Waals surface area contributed by atoms with E-state index in [-0.39, 0.29) is 0 Å². The lowest BCUT2D eigenvalue weighted by Crippen LogP contribution is -2.09. The predicted molar refractivity (Wildman–Crippen MR) is 59.7 cm³/mol. The standard InChI is InChI=1S/C8H7BrN2OS/c9-6-3-5(8(10)13)1-2-7(6)11-4-12/h1-4H,(H2,10,13)(H,11,12). The molecule has 3 N–H and O–H groups in total. The summed E-state index contributed by atoms with van der Waals surface area (Å²) in [6.07, 6.45) is 0.612. The van der Waals surface area contributed by atoms with Crippen molar-refractivity contribution in [3.8, 4) is 0 Å². The van der Waals surface area contributed by atoms with Crippen LogP contribution in [0, 0.1) is 0 Å². The maximum Gasteiger partial charge on any atom is 0.211 e. The normalized spacial score (nSPS) is 9.31. The highest BCUT2D eigenvalue weighted by atomic mass is 79.9. The molecule has 0 heterocycles. The van der Waals surface area contributed by atoms with Crippen molar-refractivity contribution in [3.63, 3.8) is 0 Å². The molecule has 0 saturated heterocycles. The Labute approximate surface area is 89.4 Å². The van der Waals surface area contributed by atoms with E-state index in [0.29, 0.717) is 17.1 Å². The Kier molecular flexibility index (Phi) is 3.39. The molecule has 0 spiro atoms. The quantitative estimate of drug-likeness (QED) is 0.641. The second-order valence-electron chi connectivity index (χ2n) is 2.32. The number of carbonyl (C=O) groups is 1. The summed E-state index contributed by atoms with van der Waals surface area (Å²) in [7, 11) is 0. The summed E-state index contributed by atoms with van der Waals surface area (Å²) in [6.45, 7) is 0. The monoisotopic (exact) mass is 258 g/mol. The summed E-state index contributed by atoms with van der Waals surface area (Å²) < 4.78 is 0.755. The Morgan fingerprint density at radius 3 is 2.77 bits per heavy atom. The van der Waals surface area contributed by atoms with Crippen molar-refractivity contribution in [3.05, 3.63) is 28.2 Å². The van der Waals surface area contributed by atoms with Crippen LogP contribution in [0.15, 0.2) is 22.7 Å². The van der Waals surface area contributed by atoms with Crippen molar-refractivity contribution in [2.24, 2.45) is 5.73 Å². The lowest BCUT2D eigenvalue weighted by molar-refractivity contribution is -0.105. The van der Waals surface area contributed by atoms with Crippen LogP contribution < -0.4 is 11.1 Å². The summed E-state index contributed by atoms with van der Waals surface area (Å²) in [5.41, 5.74) is 6.88. The highest BCUT2D eigenvalue weighted by Gasteiger charge is 2.01. The second kappa shape index (κ2) is 4.34. The maximum absolute atomic E-state index is 10.2. The number of halogens is 1. The number of amides is 1. The van der Waals surface area contributed by atoms with Crippen LogP contribution in [0.25, 0.3) is 0 Å². The van der Waals surface area contributed by atoms with Crippen molar-refractivity contribution in [2.75, 3.05) is 5.32 Å². The van der Waals surface area contributed by atoms with Crippen molar-refractivity contribution in [2.45, 2.75) is 0 Å². The van der Waals surface area contributed by atoms with E-state index in [2.05, 4.69) is 21.2 Å². The van der Waals surface area contributed by atoms with Gasteiger partial charge in [-0.3, -0.25) is 4.79 Å². The first-order chi connectivity index (χ1) is 6.15. The third-order valence-electron chi connectivity index (χ3n) is 1.47. The molecule has 0 aliphatic carbocycles. The largest absolute Gasteiger partial charge is 0.389 e. The first-order valence-corrected chi connectivity index (χ1v) is 4.65. The van der Waals surface area contributed by atoms with Gasteiger partial charge in [0.1, 0.15) is 4.99 Å². The fraction of sp³-hybridized carbons (Fsp3) is 0. The Morgan fingerprint density at radius 2 is 2.31 bits per heavy atom. The van der Waals surface area contributed by atoms with Crippen molar-refractivity contribution >= 4 is 45.2 Å². The van der Waals surface area contributed by atoms with Crippen LogP contribution in [0.3, 0.4) is 0 Å². The van der Waals surface area contributed by atoms with Gasteiger partial charge in [-0.1, -0.05) is 12.2 Å². The molecule has 0 fully saturated rings. The van der Waals surface area contributed by atoms with Gasteiger partial charge in [-0.2, -0.15) is 0 Å².